The van der Waals surface area contributed by atoms with Crippen molar-refractivity contribution in [2.45, 2.75) is 58.8 Å². The van der Waals surface area contributed by atoms with Crippen molar-refractivity contribution >= 4 is 11.5 Å². The fourth-order valence-electron chi connectivity index (χ4n) is 3.89. The minimum Gasteiger partial charge on any atom is -0.380 e. The SMILES string of the molecule is CCC1(C)CN(c2ncc(C(F)(F)F)cc2NC(C)C)C2CC=CC=C21. The Hall–Kier alpha value is -1.98. The summed E-state index contributed by atoms with van der Waals surface area (Å²) < 4.78 is 39.5. The van der Waals surface area contributed by atoms with Gasteiger partial charge in [-0.2, -0.15) is 13.2 Å². The molecule has 2 atom stereocenters. The topological polar surface area (TPSA) is 28.2 Å². The van der Waals surface area contributed by atoms with Crippen LogP contribution in [0.2, 0.25) is 0 Å². The third-order valence-electron chi connectivity index (χ3n) is 5.41. The van der Waals surface area contributed by atoms with E-state index in [1.807, 2.05) is 13.8 Å². The molecule has 0 amide bonds. The van der Waals surface area contributed by atoms with Crippen LogP contribution < -0.4 is 10.2 Å². The third kappa shape index (κ3) is 3.33. The third-order valence-corrected chi connectivity index (χ3v) is 5.41. The summed E-state index contributed by atoms with van der Waals surface area (Å²) in [5, 5.41) is 3.16. The van der Waals surface area contributed by atoms with E-state index >= 15 is 0 Å². The van der Waals surface area contributed by atoms with E-state index in [1.165, 1.54) is 11.6 Å². The van der Waals surface area contributed by atoms with E-state index in [0.29, 0.717) is 11.5 Å². The number of anilines is 2. The van der Waals surface area contributed by atoms with Crippen molar-refractivity contribution in [2.24, 2.45) is 5.41 Å². The summed E-state index contributed by atoms with van der Waals surface area (Å²) in [5.41, 5.74) is 1.08. The number of hydrogen-bond donors (Lipinski definition) is 1. The minimum absolute atomic E-state index is 0.00884. The van der Waals surface area contributed by atoms with E-state index in [0.717, 1.165) is 25.6 Å². The van der Waals surface area contributed by atoms with Gasteiger partial charge in [0.2, 0.25) is 0 Å². The smallest absolute Gasteiger partial charge is 0.380 e. The summed E-state index contributed by atoms with van der Waals surface area (Å²) in [6.45, 7) is 8.97. The van der Waals surface area contributed by atoms with Crippen LogP contribution in [0.25, 0.3) is 0 Å². The molecule has 2 aliphatic rings. The maximum atomic E-state index is 13.2. The molecule has 0 saturated carbocycles. The van der Waals surface area contributed by atoms with Gasteiger partial charge in [-0.3, -0.25) is 0 Å². The van der Waals surface area contributed by atoms with E-state index in [4.69, 9.17) is 0 Å². The zero-order chi connectivity index (χ0) is 19.1. The monoisotopic (exact) mass is 365 g/mol. The summed E-state index contributed by atoms with van der Waals surface area (Å²) in [6.07, 6.45) is 4.74. The van der Waals surface area contributed by atoms with Gasteiger partial charge in [0.05, 0.1) is 17.3 Å². The van der Waals surface area contributed by atoms with Crippen LogP contribution in [0.5, 0.6) is 0 Å². The standard InChI is InChI=1S/C20H26F3N3/c1-5-19(4)12-26(17-9-7-6-8-15(17)19)18-16(25-13(2)3)10-14(11-24-18)20(21,22)23/h6-8,10-11,13,17,25H,5,9,12H2,1-4H3. The zero-order valence-corrected chi connectivity index (χ0v) is 15.7. The first-order valence-corrected chi connectivity index (χ1v) is 9.13. The molecule has 1 saturated heterocycles. The van der Waals surface area contributed by atoms with Gasteiger partial charge in [0.15, 0.2) is 5.82 Å². The van der Waals surface area contributed by atoms with Gasteiger partial charge in [0.1, 0.15) is 0 Å². The van der Waals surface area contributed by atoms with E-state index in [1.54, 1.807) is 0 Å². The maximum Gasteiger partial charge on any atom is 0.417 e. The Balaban J connectivity index is 2.05. The molecule has 0 radical (unpaired) electrons. The van der Waals surface area contributed by atoms with Crippen LogP contribution in [-0.4, -0.2) is 23.6 Å². The van der Waals surface area contributed by atoms with Gasteiger partial charge in [-0.05, 0) is 38.3 Å². The van der Waals surface area contributed by atoms with Crippen molar-refractivity contribution in [3.05, 3.63) is 41.6 Å². The van der Waals surface area contributed by atoms with E-state index < -0.39 is 11.7 Å². The van der Waals surface area contributed by atoms with Crippen molar-refractivity contribution < 1.29 is 13.2 Å². The van der Waals surface area contributed by atoms with Crippen LogP contribution in [0.1, 0.15) is 46.1 Å². The molecule has 1 fully saturated rings. The van der Waals surface area contributed by atoms with Crippen molar-refractivity contribution in [1.82, 2.24) is 4.98 Å². The van der Waals surface area contributed by atoms with Crippen LogP contribution >= 0.6 is 0 Å². The first-order valence-electron chi connectivity index (χ1n) is 9.13. The number of rotatable bonds is 4. The molecule has 142 valence electrons. The summed E-state index contributed by atoms with van der Waals surface area (Å²) in [6, 6.07) is 1.36. The lowest BCUT2D eigenvalue weighted by atomic mass is 9.78. The molecular weight excluding hydrogens is 339 g/mol. The van der Waals surface area contributed by atoms with Gasteiger partial charge < -0.3 is 10.2 Å². The second-order valence-corrected chi connectivity index (χ2v) is 7.74. The maximum absolute atomic E-state index is 13.2. The predicted molar refractivity (Wildman–Crippen MR) is 99.4 cm³/mol. The van der Waals surface area contributed by atoms with Crippen molar-refractivity contribution in [3.8, 4) is 0 Å². The number of pyridine rings is 1. The van der Waals surface area contributed by atoms with Gasteiger partial charge in [0.25, 0.3) is 0 Å². The molecule has 2 heterocycles. The molecule has 1 N–H and O–H groups in total. The van der Waals surface area contributed by atoms with Gasteiger partial charge in [-0.15, -0.1) is 0 Å². The lowest BCUT2D eigenvalue weighted by molar-refractivity contribution is -0.137. The van der Waals surface area contributed by atoms with Crippen LogP contribution in [0.3, 0.4) is 0 Å². The number of hydrogen-bond acceptors (Lipinski definition) is 3. The molecule has 0 bridgehead atoms. The van der Waals surface area contributed by atoms with E-state index in [9.17, 15) is 13.2 Å². The molecule has 0 spiro atoms. The van der Waals surface area contributed by atoms with Gasteiger partial charge in [-0.25, -0.2) is 4.98 Å². The second kappa shape index (κ2) is 6.63. The average molecular weight is 365 g/mol. The number of fused-ring (bicyclic) bond motifs is 1. The van der Waals surface area contributed by atoms with Gasteiger partial charge >= 0.3 is 6.18 Å². The van der Waals surface area contributed by atoms with Crippen LogP contribution in [-0.2, 0) is 6.18 Å². The first kappa shape index (κ1) is 18.8. The molecule has 0 aromatic carbocycles. The highest BCUT2D eigenvalue weighted by Crippen LogP contribution is 2.48. The van der Waals surface area contributed by atoms with E-state index in [2.05, 4.69) is 47.3 Å². The highest BCUT2D eigenvalue weighted by molar-refractivity contribution is 5.70. The number of alkyl halides is 3. The average Bonchev–Trinajstić information content (AvgIpc) is 2.88. The first-order chi connectivity index (χ1) is 12.2. The largest absolute Gasteiger partial charge is 0.417 e. The number of allylic oxidation sites excluding steroid dienone is 2. The van der Waals surface area contributed by atoms with Crippen molar-refractivity contribution in [2.75, 3.05) is 16.8 Å². The molecular formula is C20H26F3N3. The fraction of sp³-hybridized carbons (Fsp3) is 0.550. The minimum atomic E-state index is -4.40. The van der Waals surface area contributed by atoms with Crippen molar-refractivity contribution in [1.29, 1.82) is 0 Å². The number of aromatic nitrogens is 1. The lowest BCUT2D eigenvalue weighted by Gasteiger charge is -2.29. The molecule has 3 nitrogen and oxygen atoms in total. The molecule has 1 aliphatic heterocycles. The normalized spacial score (nSPS) is 25.5. The molecule has 26 heavy (non-hydrogen) atoms. The number of halogens is 3. The summed E-state index contributed by atoms with van der Waals surface area (Å²) in [7, 11) is 0. The molecule has 1 aromatic heterocycles. The van der Waals surface area contributed by atoms with Crippen molar-refractivity contribution in [3.63, 3.8) is 0 Å². The molecule has 6 heteroatoms. The Labute approximate surface area is 153 Å². The van der Waals surface area contributed by atoms with Gasteiger partial charge in [0, 0.05) is 24.2 Å². The number of nitrogens with one attached hydrogen (secondary N) is 1. The Kier molecular flexibility index (Phi) is 4.80. The quantitative estimate of drug-likeness (QED) is 0.773. The van der Waals surface area contributed by atoms with Crippen LogP contribution in [0.4, 0.5) is 24.7 Å². The lowest BCUT2D eigenvalue weighted by Crippen LogP contribution is -2.32. The summed E-state index contributed by atoms with van der Waals surface area (Å²) >= 11 is 0. The Bertz CT molecular complexity index is 736. The predicted octanol–water partition coefficient (Wildman–Crippen LogP) is 5.41. The second-order valence-electron chi connectivity index (χ2n) is 7.74. The zero-order valence-electron chi connectivity index (χ0n) is 15.7. The van der Waals surface area contributed by atoms with E-state index in [-0.39, 0.29) is 17.5 Å². The Morgan fingerprint density at radius 1 is 1.38 bits per heavy atom. The summed E-state index contributed by atoms with van der Waals surface area (Å²) in [5.74, 6) is 0.607. The Morgan fingerprint density at radius 2 is 2.12 bits per heavy atom. The summed E-state index contributed by atoms with van der Waals surface area (Å²) in [4.78, 5) is 6.43. The Morgan fingerprint density at radius 3 is 2.73 bits per heavy atom. The highest BCUT2D eigenvalue weighted by atomic mass is 19.4. The van der Waals surface area contributed by atoms with Gasteiger partial charge in [-0.1, -0.05) is 32.1 Å². The fourth-order valence-corrected chi connectivity index (χ4v) is 3.89. The molecule has 3 rings (SSSR count). The number of nitrogens with zero attached hydrogens (tertiary/aromatic N) is 2. The highest BCUT2D eigenvalue weighted by Gasteiger charge is 2.45. The van der Waals surface area contributed by atoms with Crippen LogP contribution in [0, 0.1) is 5.41 Å². The molecule has 2 unspecified atom stereocenters. The molecule has 1 aromatic rings. The van der Waals surface area contributed by atoms with Crippen LogP contribution in [0.15, 0.2) is 36.1 Å². The molecule has 1 aliphatic carbocycles.